The van der Waals surface area contributed by atoms with E-state index in [-0.39, 0.29) is 5.97 Å². The van der Waals surface area contributed by atoms with Crippen LogP contribution in [0.25, 0.3) is 34.0 Å². The van der Waals surface area contributed by atoms with Crippen molar-refractivity contribution in [1.29, 1.82) is 0 Å². The lowest BCUT2D eigenvalue weighted by molar-refractivity contribution is -0.136. The van der Waals surface area contributed by atoms with E-state index in [9.17, 15) is 4.79 Å². The molecule has 1 aliphatic heterocycles. The molecule has 0 spiro atoms. The van der Waals surface area contributed by atoms with Gasteiger partial charge in [-0.25, -0.2) is 4.79 Å². The first-order valence-electron chi connectivity index (χ1n) is 11.6. The molecule has 0 saturated carbocycles. The number of nitrogens with zero attached hydrogens (tertiary/aromatic N) is 1. The molecule has 5 nitrogen and oxygen atoms in total. The van der Waals surface area contributed by atoms with Crippen molar-refractivity contribution in [3.05, 3.63) is 77.4 Å². The molecule has 2 aliphatic rings. The highest BCUT2D eigenvalue weighted by Crippen LogP contribution is 2.46. The molecule has 0 fully saturated rings. The van der Waals surface area contributed by atoms with Crippen LogP contribution < -0.4 is 4.74 Å². The summed E-state index contributed by atoms with van der Waals surface area (Å²) in [6, 6.07) is 12.5. The first kappa shape index (κ1) is 22.1. The van der Waals surface area contributed by atoms with E-state index in [0.29, 0.717) is 23.8 Å². The van der Waals surface area contributed by atoms with Crippen molar-refractivity contribution in [2.75, 3.05) is 21.3 Å². The molecular weight excluding hydrogens is 426 g/mol. The number of allylic oxidation sites excluding steroid dienone is 2. The second-order valence-electron chi connectivity index (χ2n) is 8.80. The van der Waals surface area contributed by atoms with Crippen molar-refractivity contribution < 1.29 is 19.0 Å². The molecule has 5 rings (SSSR count). The maximum Gasteiger partial charge on any atom is 0.335 e. The van der Waals surface area contributed by atoms with Crippen LogP contribution in [0.4, 0.5) is 0 Å². The van der Waals surface area contributed by atoms with Crippen LogP contribution >= 0.6 is 0 Å². The van der Waals surface area contributed by atoms with Crippen molar-refractivity contribution in [2.45, 2.75) is 31.7 Å². The van der Waals surface area contributed by atoms with Gasteiger partial charge in [-0.2, -0.15) is 0 Å². The van der Waals surface area contributed by atoms with Crippen molar-refractivity contribution in [1.82, 2.24) is 4.57 Å². The minimum absolute atomic E-state index is 0.330. The monoisotopic (exact) mass is 455 g/mol. The smallest absolute Gasteiger partial charge is 0.335 e. The van der Waals surface area contributed by atoms with Crippen LogP contribution in [0.1, 0.15) is 41.9 Å². The van der Waals surface area contributed by atoms with Gasteiger partial charge in [-0.05, 0) is 66.6 Å². The number of ether oxygens (including phenoxy) is 3. The Kier molecular flexibility index (Phi) is 5.78. The highest BCUT2D eigenvalue weighted by molar-refractivity contribution is 6.00. The van der Waals surface area contributed by atoms with Crippen LogP contribution in [-0.2, 0) is 20.8 Å². The first-order valence-corrected chi connectivity index (χ1v) is 11.6. The minimum Gasteiger partial charge on any atom is -0.497 e. The number of hydrogen-bond donors (Lipinski definition) is 0. The molecule has 1 atom stereocenters. The molecule has 2 aromatic carbocycles. The number of esters is 1. The quantitative estimate of drug-likeness (QED) is 0.256. The molecule has 174 valence electrons. The Hall–Kier alpha value is -3.73. The van der Waals surface area contributed by atoms with Gasteiger partial charge < -0.3 is 18.8 Å². The predicted molar refractivity (Wildman–Crippen MR) is 136 cm³/mol. The first-order chi connectivity index (χ1) is 16.5. The summed E-state index contributed by atoms with van der Waals surface area (Å²) in [6.45, 7) is 4.47. The van der Waals surface area contributed by atoms with Crippen LogP contribution in [0.2, 0.25) is 0 Å². The fourth-order valence-electron chi connectivity index (χ4n) is 5.25. The summed E-state index contributed by atoms with van der Waals surface area (Å²) in [5.74, 6) is 1.43. The Morgan fingerprint density at radius 2 is 1.91 bits per heavy atom. The molecule has 1 unspecified atom stereocenters. The Bertz CT molecular complexity index is 1360. The van der Waals surface area contributed by atoms with Crippen LogP contribution in [0.3, 0.4) is 0 Å². The van der Waals surface area contributed by atoms with Crippen molar-refractivity contribution in [3.63, 3.8) is 0 Å². The summed E-state index contributed by atoms with van der Waals surface area (Å²) in [5.41, 5.74) is 7.12. The number of methoxy groups -OCH3 is 3. The van der Waals surface area contributed by atoms with Gasteiger partial charge >= 0.3 is 5.97 Å². The van der Waals surface area contributed by atoms with Gasteiger partial charge in [0.1, 0.15) is 11.5 Å². The Labute approximate surface area is 199 Å². The van der Waals surface area contributed by atoms with Crippen LogP contribution in [0.15, 0.2) is 60.7 Å². The summed E-state index contributed by atoms with van der Waals surface area (Å²) in [4.78, 5) is 12.8. The molecule has 0 radical (unpaired) electrons. The lowest BCUT2D eigenvalue weighted by atomic mass is 9.84. The molecule has 1 aliphatic carbocycles. The fraction of sp³-hybridized carbons (Fsp3) is 0.276. The Morgan fingerprint density at radius 1 is 1.06 bits per heavy atom. The van der Waals surface area contributed by atoms with Gasteiger partial charge in [0, 0.05) is 22.0 Å². The summed E-state index contributed by atoms with van der Waals surface area (Å²) < 4.78 is 18.3. The normalized spacial score (nSPS) is 16.8. The Morgan fingerprint density at radius 3 is 2.62 bits per heavy atom. The third kappa shape index (κ3) is 3.61. The van der Waals surface area contributed by atoms with Gasteiger partial charge in [0.25, 0.3) is 0 Å². The van der Waals surface area contributed by atoms with Crippen LogP contribution in [-0.4, -0.2) is 31.9 Å². The molecule has 1 aromatic heterocycles. The number of aromatic nitrogens is 1. The molecule has 0 bridgehead atoms. The zero-order valence-electron chi connectivity index (χ0n) is 19.9. The fourth-order valence-corrected chi connectivity index (χ4v) is 5.25. The van der Waals surface area contributed by atoms with Gasteiger partial charge in [0.2, 0.25) is 0 Å². The van der Waals surface area contributed by atoms with Crippen LogP contribution in [0, 0.1) is 0 Å². The summed E-state index contributed by atoms with van der Waals surface area (Å²) in [5, 5.41) is 1.20. The van der Waals surface area contributed by atoms with E-state index in [2.05, 4.69) is 47.6 Å². The molecule has 0 amide bonds. The molecule has 3 aromatic rings. The van der Waals surface area contributed by atoms with Gasteiger partial charge in [-0.15, -0.1) is 0 Å². The minimum atomic E-state index is -0.330. The maximum absolute atomic E-state index is 12.8. The van der Waals surface area contributed by atoms with Gasteiger partial charge in [0.05, 0.1) is 39.1 Å². The van der Waals surface area contributed by atoms with E-state index in [1.807, 2.05) is 18.2 Å². The van der Waals surface area contributed by atoms with Gasteiger partial charge in [0.15, 0.2) is 0 Å². The lowest BCUT2D eigenvalue weighted by Gasteiger charge is -2.21. The summed E-state index contributed by atoms with van der Waals surface area (Å²) in [7, 11) is 4.72. The predicted octanol–water partition coefficient (Wildman–Crippen LogP) is 6.33. The zero-order valence-corrected chi connectivity index (χ0v) is 19.9. The Balaban J connectivity index is 1.86. The van der Waals surface area contributed by atoms with Crippen molar-refractivity contribution in [3.8, 4) is 17.0 Å². The second-order valence-corrected chi connectivity index (χ2v) is 8.80. The lowest BCUT2D eigenvalue weighted by Crippen LogP contribution is -2.11. The van der Waals surface area contributed by atoms with E-state index >= 15 is 0 Å². The van der Waals surface area contributed by atoms with Crippen molar-refractivity contribution in [2.24, 2.45) is 0 Å². The molecule has 0 N–H and O–H groups in total. The van der Waals surface area contributed by atoms with E-state index in [4.69, 9.17) is 14.2 Å². The maximum atomic E-state index is 12.8. The van der Waals surface area contributed by atoms with E-state index < -0.39 is 0 Å². The van der Waals surface area contributed by atoms with Gasteiger partial charge in [-0.3, -0.25) is 0 Å². The average molecular weight is 456 g/mol. The molecular formula is C29H29NO4. The number of rotatable bonds is 5. The summed E-state index contributed by atoms with van der Waals surface area (Å²) >= 11 is 0. The topological polar surface area (TPSA) is 49.7 Å². The van der Waals surface area contributed by atoms with E-state index in [0.717, 1.165) is 52.9 Å². The highest BCUT2D eigenvalue weighted by atomic mass is 16.5. The molecule has 5 heteroatoms. The number of carbonyl (C=O) groups is 1. The number of carbonyl (C=O) groups excluding carboxylic acids is 1. The highest BCUT2D eigenvalue weighted by Gasteiger charge is 2.30. The SMILES string of the molecule is C=C(OC)c1ccc2c(C3CC=CCC3)c3n(c2c1)CC(C(=O)OC)=Cc1cc(OC)ccc1-3. The van der Waals surface area contributed by atoms with Crippen LogP contribution in [0.5, 0.6) is 5.75 Å². The van der Waals surface area contributed by atoms with E-state index in [1.54, 1.807) is 14.2 Å². The van der Waals surface area contributed by atoms with Gasteiger partial charge in [-0.1, -0.05) is 30.9 Å². The molecule has 0 saturated heterocycles. The number of benzene rings is 2. The second kappa shape index (κ2) is 8.90. The third-order valence-corrected chi connectivity index (χ3v) is 6.97. The number of hydrogen-bond acceptors (Lipinski definition) is 4. The van der Waals surface area contributed by atoms with Crippen molar-refractivity contribution >= 4 is 28.7 Å². The molecule has 34 heavy (non-hydrogen) atoms. The number of fused-ring (bicyclic) bond motifs is 5. The molecule has 2 heterocycles. The average Bonchev–Trinajstić information content (AvgIpc) is 3.10. The zero-order chi connectivity index (χ0) is 23.8. The third-order valence-electron chi connectivity index (χ3n) is 6.97. The standard InChI is InChI=1S/C29H29NO4/c1-18(32-2)20-10-12-25-26(16-20)30-17-22(29(31)34-4)14-21-15-23(33-3)11-13-24(21)28(30)27(25)19-8-6-5-7-9-19/h5-6,10-16,19H,1,7-9,17H2,2-4H3. The van der Waals surface area contributed by atoms with E-state index in [1.165, 1.54) is 18.1 Å². The largest absolute Gasteiger partial charge is 0.497 e. The summed E-state index contributed by atoms with van der Waals surface area (Å²) in [6.07, 6.45) is 9.65.